The molecule has 1 aromatic heterocycles. The fraction of sp³-hybridized carbons (Fsp3) is 0.185. The molecule has 3 aromatic rings. The first-order valence-electron chi connectivity index (χ1n) is 10.6. The second-order valence-corrected chi connectivity index (χ2v) is 7.62. The van der Waals surface area contributed by atoms with Crippen molar-refractivity contribution in [1.29, 1.82) is 0 Å². The van der Waals surface area contributed by atoms with E-state index < -0.39 is 0 Å². The van der Waals surface area contributed by atoms with Crippen molar-refractivity contribution in [3.63, 3.8) is 0 Å². The second-order valence-electron chi connectivity index (χ2n) is 7.62. The van der Waals surface area contributed by atoms with Gasteiger partial charge in [-0.05, 0) is 78.8 Å². The minimum absolute atomic E-state index is 0.0430. The third kappa shape index (κ3) is 7.27. The Morgan fingerprint density at radius 3 is 2.19 bits per heavy atom. The Balaban J connectivity index is 1.61. The average Bonchev–Trinajstić information content (AvgIpc) is 2.79. The Kier molecular flexibility index (Phi) is 8.44. The van der Waals surface area contributed by atoms with Crippen molar-refractivity contribution in [1.82, 2.24) is 10.3 Å². The molecule has 1 N–H and O–H groups in total. The van der Waals surface area contributed by atoms with Crippen LogP contribution in [0.4, 0.5) is 8.78 Å². The normalized spacial score (nSPS) is 11.8. The van der Waals surface area contributed by atoms with Crippen LogP contribution in [0.15, 0.2) is 91.3 Å². The van der Waals surface area contributed by atoms with E-state index in [0.29, 0.717) is 0 Å². The number of aryl methyl sites for hydroxylation is 1. The SMILES string of the molecule is C[C@H](CCCc1cccnc1)NC(=O)C=CC=C(c1ccc(F)cc1)c1ccc(F)cc1. The fourth-order valence-corrected chi connectivity index (χ4v) is 3.37. The lowest BCUT2D eigenvalue weighted by Gasteiger charge is -2.12. The van der Waals surface area contributed by atoms with Crippen molar-refractivity contribution >= 4 is 11.5 Å². The molecule has 0 aliphatic rings. The highest BCUT2D eigenvalue weighted by Gasteiger charge is 2.07. The van der Waals surface area contributed by atoms with Crippen LogP contribution >= 0.6 is 0 Å². The first kappa shape index (κ1) is 23.1. The van der Waals surface area contributed by atoms with Crippen LogP contribution in [0.2, 0.25) is 0 Å². The maximum Gasteiger partial charge on any atom is 0.244 e. The van der Waals surface area contributed by atoms with Crippen molar-refractivity contribution in [3.05, 3.63) is 120 Å². The summed E-state index contributed by atoms with van der Waals surface area (Å²) in [6, 6.07) is 16.1. The molecule has 0 bridgehead atoms. The lowest BCUT2D eigenvalue weighted by atomic mass is 9.97. The van der Waals surface area contributed by atoms with Gasteiger partial charge >= 0.3 is 0 Å². The van der Waals surface area contributed by atoms with E-state index in [1.54, 1.807) is 42.6 Å². The van der Waals surface area contributed by atoms with E-state index in [1.165, 1.54) is 35.9 Å². The highest BCUT2D eigenvalue weighted by Crippen LogP contribution is 2.24. The summed E-state index contributed by atoms with van der Waals surface area (Å²) in [4.78, 5) is 16.4. The standard InChI is InChI=1S/C27H26F2N2O/c1-20(5-2-6-21-7-4-18-30-19-21)31-27(32)9-3-8-26(22-10-14-24(28)15-11-22)23-12-16-25(29)17-13-23/h3-4,7-20H,2,5-6H2,1H3,(H,31,32)/t20-/m1/s1. The van der Waals surface area contributed by atoms with Crippen molar-refractivity contribution in [3.8, 4) is 0 Å². The minimum Gasteiger partial charge on any atom is -0.350 e. The third-order valence-corrected chi connectivity index (χ3v) is 5.03. The van der Waals surface area contributed by atoms with E-state index in [4.69, 9.17) is 0 Å². The van der Waals surface area contributed by atoms with Crippen LogP contribution in [0.1, 0.15) is 36.5 Å². The quantitative estimate of drug-likeness (QED) is 0.339. The Morgan fingerprint density at radius 1 is 1.00 bits per heavy atom. The van der Waals surface area contributed by atoms with Crippen molar-refractivity contribution < 1.29 is 13.6 Å². The van der Waals surface area contributed by atoms with E-state index in [1.807, 2.05) is 25.3 Å². The summed E-state index contributed by atoms with van der Waals surface area (Å²) in [7, 11) is 0. The summed E-state index contributed by atoms with van der Waals surface area (Å²) < 4.78 is 26.7. The highest BCUT2D eigenvalue weighted by atomic mass is 19.1. The number of rotatable bonds is 9. The van der Waals surface area contributed by atoms with Gasteiger partial charge in [0.15, 0.2) is 0 Å². The van der Waals surface area contributed by atoms with E-state index >= 15 is 0 Å². The van der Waals surface area contributed by atoms with Gasteiger partial charge in [0.1, 0.15) is 11.6 Å². The molecule has 3 rings (SSSR count). The summed E-state index contributed by atoms with van der Waals surface area (Å²) >= 11 is 0. The minimum atomic E-state index is -0.334. The van der Waals surface area contributed by atoms with Gasteiger partial charge in [0, 0.05) is 24.5 Å². The van der Waals surface area contributed by atoms with Crippen molar-refractivity contribution in [2.75, 3.05) is 0 Å². The van der Waals surface area contributed by atoms with Crippen molar-refractivity contribution in [2.45, 2.75) is 32.2 Å². The maximum absolute atomic E-state index is 13.3. The molecule has 1 heterocycles. The van der Waals surface area contributed by atoms with Crippen LogP contribution in [-0.2, 0) is 11.2 Å². The molecule has 0 spiro atoms. The smallest absolute Gasteiger partial charge is 0.244 e. The number of nitrogens with one attached hydrogen (secondary N) is 1. The predicted octanol–water partition coefficient (Wildman–Crippen LogP) is 5.88. The molecule has 164 valence electrons. The Labute approximate surface area is 187 Å². The molecule has 0 saturated heterocycles. The van der Waals surface area contributed by atoms with Gasteiger partial charge in [-0.25, -0.2) is 8.78 Å². The average molecular weight is 433 g/mol. The van der Waals surface area contributed by atoms with Gasteiger partial charge in [0.2, 0.25) is 5.91 Å². The zero-order valence-electron chi connectivity index (χ0n) is 18.0. The van der Waals surface area contributed by atoms with E-state index in [2.05, 4.69) is 10.3 Å². The van der Waals surface area contributed by atoms with Crippen LogP contribution in [0.5, 0.6) is 0 Å². The Morgan fingerprint density at radius 2 is 1.62 bits per heavy atom. The van der Waals surface area contributed by atoms with Crippen LogP contribution in [0.25, 0.3) is 5.57 Å². The van der Waals surface area contributed by atoms with Gasteiger partial charge in [-0.3, -0.25) is 9.78 Å². The molecule has 1 amide bonds. The molecule has 3 nitrogen and oxygen atoms in total. The summed E-state index contributed by atoms with van der Waals surface area (Å²) in [6.45, 7) is 1.98. The first-order chi connectivity index (χ1) is 15.5. The highest BCUT2D eigenvalue weighted by molar-refractivity contribution is 5.89. The molecule has 2 aromatic carbocycles. The molecule has 32 heavy (non-hydrogen) atoms. The lowest BCUT2D eigenvalue weighted by Crippen LogP contribution is -2.31. The Hall–Kier alpha value is -3.60. The number of carbonyl (C=O) groups is 1. The zero-order valence-corrected chi connectivity index (χ0v) is 18.0. The van der Waals surface area contributed by atoms with Crippen molar-refractivity contribution in [2.24, 2.45) is 0 Å². The van der Waals surface area contributed by atoms with Gasteiger partial charge < -0.3 is 5.32 Å². The lowest BCUT2D eigenvalue weighted by molar-refractivity contribution is -0.117. The first-order valence-corrected chi connectivity index (χ1v) is 10.6. The number of amides is 1. The van der Waals surface area contributed by atoms with E-state index in [0.717, 1.165) is 36.0 Å². The number of benzene rings is 2. The van der Waals surface area contributed by atoms with Gasteiger partial charge in [0.25, 0.3) is 0 Å². The molecule has 1 atom stereocenters. The summed E-state index contributed by atoms with van der Waals surface area (Å²) in [5, 5.41) is 2.96. The van der Waals surface area contributed by atoms with Crippen LogP contribution in [-0.4, -0.2) is 16.9 Å². The number of pyridine rings is 1. The fourth-order valence-electron chi connectivity index (χ4n) is 3.37. The number of hydrogen-bond acceptors (Lipinski definition) is 2. The number of nitrogens with zero attached hydrogens (tertiary/aromatic N) is 1. The van der Waals surface area contributed by atoms with Gasteiger partial charge in [-0.2, -0.15) is 0 Å². The molecule has 0 saturated carbocycles. The number of allylic oxidation sites excluding steroid dienone is 2. The predicted molar refractivity (Wildman–Crippen MR) is 124 cm³/mol. The van der Waals surface area contributed by atoms with Crippen LogP contribution in [0.3, 0.4) is 0 Å². The maximum atomic E-state index is 13.3. The topological polar surface area (TPSA) is 42.0 Å². The Bertz CT molecular complexity index is 1010. The zero-order chi connectivity index (χ0) is 22.8. The van der Waals surface area contributed by atoms with Crippen LogP contribution < -0.4 is 5.32 Å². The molecule has 0 radical (unpaired) electrons. The molecular formula is C27H26F2N2O. The number of hydrogen-bond donors (Lipinski definition) is 1. The number of halogens is 2. The van der Waals surface area contributed by atoms with Gasteiger partial charge in [-0.1, -0.05) is 42.5 Å². The molecule has 0 fully saturated rings. The van der Waals surface area contributed by atoms with E-state index in [9.17, 15) is 13.6 Å². The molecule has 0 aliphatic heterocycles. The number of carbonyl (C=O) groups excluding carboxylic acids is 1. The summed E-state index contributed by atoms with van der Waals surface area (Å²) in [5.41, 5.74) is 3.49. The largest absolute Gasteiger partial charge is 0.350 e. The summed E-state index contributed by atoms with van der Waals surface area (Å²) in [5.74, 6) is -0.855. The van der Waals surface area contributed by atoms with Gasteiger partial charge in [0.05, 0.1) is 0 Å². The molecule has 0 aliphatic carbocycles. The van der Waals surface area contributed by atoms with Crippen LogP contribution in [0, 0.1) is 11.6 Å². The van der Waals surface area contributed by atoms with E-state index in [-0.39, 0.29) is 23.6 Å². The molecular weight excluding hydrogens is 406 g/mol. The number of aromatic nitrogens is 1. The summed E-state index contributed by atoms with van der Waals surface area (Å²) in [6.07, 6.45) is 11.2. The van der Waals surface area contributed by atoms with Gasteiger partial charge in [-0.15, -0.1) is 0 Å². The monoisotopic (exact) mass is 432 g/mol. The third-order valence-electron chi connectivity index (χ3n) is 5.03. The second kappa shape index (κ2) is 11.7. The molecule has 0 unspecified atom stereocenters. The molecule has 5 heteroatoms.